The predicted molar refractivity (Wildman–Crippen MR) is 118 cm³/mol. The number of carbonyl (C=O) groups is 2. The number of rotatable bonds is 7. The van der Waals surface area contributed by atoms with Crippen molar-refractivity contribution >= 4 is 35.2 Å². The molecule has 152 valence electrons. The summed E-state index contributed by atoms with van der Waals surface area (Å²) in [6.07, 6.45) is 2.27. The lowest BCUT2D eigenvalue weighted by atomic mass is 10.1. The average molecular weight is 421 g/mol. The predicted octanol–water partition coefficient (Wildman–Crippen LogP) is 2.48. The normalized spacial score (nSPS) is 15.0. The quantitative estimate of drug-likeness (QED) is 0.617. The summed E-state index contributed by atoms with van der Waals surface area (Å²) in [6, 6.07) is 19.6. The van der Waals surface area contributed by atoms with E-state index in [4.69, 9.17) is 4.74 Å². The largest absolute Gasteiger partial charge is 0.497 e. The first-order valence-electron chi connectivity index (χ1n) is 9.67. The summed E-state index contributed by atoms with van der Waals surface area (Å²) >= 11 is 1.40. The lowest BCUT2D eigenvalue weighted by Gasteiger charge is -2.14. The summed E-state index contributed by atoms with van der Waals surface area (Å²) in [5.41, 5.74) is 2.82. The molecule has 0 radical (unpaired) electrons. The monoisotopic (exact) mass is 420 g/mol. The molecule has 2 aromatic carbocycles. The second-order valence-corrected chi connectivity index (χ2v) is 7.98. The molecular weight excluding hydrogens is 398 g/mol. The van der Waals surface area contributed by atoms with Crippen LogP contribution >= 0.6 is 11.3 Å². The Labute approximate surface area is 178 Å². The number of amides is 2. The fourth-order valence-electron chi connectivity index (χ4n) is 3.24. The molecule has 1 unspecified atom stereocenters. The van der Waals surface area contributed by atoms with Crippen LogP contribution in [0.4, 0.5) is 5.69 Å². The van der Waals surface area contributed by atoms with Crippen molar-refractivity contribution in [3.63, 3.8) is 0 Å². The molecule has 7 heteroatoms. The van der Waals surface area contributed by atoms with Crippen molar-refractivity contribution in [1.82, 2.24) is 5.32 Å². The smallest absolute Gasteiger partial charge is 0.362 e. The van der Waals surface area contributed by atoms with Crippen molar-refractivity contribution in [2.24, 2.45) is 4.99 Å². The van der Waals surface area contributed by atoms with Crippen molar-refractivity contribution in [2.45, 2.75) is 6.42 Å². The molecule has 1 aliphatic rings. The second-order valence-electron chi connectivity index (χ2n) is 6.93. The van der Waals surface area contributed by atoms with Gasteiger partial charge in [-0.2, -0.15) is 0 Å². The first kappa shape index (κ1) is 20.0. The van der Waals surface area contributed by atoms with Gasteiger partial charge in [0, 0.05) is 11.4 Å². The molecular formula is C23H22N3O3S+. The topological polar surface area (TPSA) is 72.2 Å². The molecule has 0 saturated heterocycles. The number of thiophene rings is 1. The maximum absolute atomic E-state index is 12.9. The molecule has 1 aromatic heterocycles. The maximum Gasteiger partial charge on any atom is 0.362 e. The molecule has 3 aromatic rings. The molecule has 2 heterocycles. The lowest BCUT2D eigenvalue weighted by molar-refractivity contribution is -0.695. The van der Waals surface area contributed by atoms with E-state index < -0.39 is 0 Å². The van der Waals surface area contributed by atoms with Gasteiger partial charge in [0.05, 0.1) is 12.8 Å². The van der Waals surface area contributed by atoms with Crippen LogP contribution < -0.4 is 15.0 Å². The number of nitrogens with zero attached hydrogens (tertiary/aromatic N) is 1. The highest BCUT2D eigenvalue weighted by atomic mass is 32.1. The number of nitrogens with one attached hydrogen (secondary N) is 2. The summed E-state index contributed by atoms with van der Waals surface area (Å²) in [6.45, 7) is 0.569. The van der Waals surface area contributed by atoms with Gasteiger partial charge in [-0.1, -0.05) is 30.3 Å². The highest BCUT2D eigenvalue weighted by molar-refractivity contribution is 7.18. The molecule has 0 bridgehead atoms. The van der Waals surface area contributed by atoms with Gasteiger partial charge in [0.1, 0.15) is 5.75 Å². The lowest BCUT2D eigenvalue weighted by Crippen LogP contribution is -3.15. The Morgan fingerprint density at radius 3 is 2.63 bits per heavy atom. The Kier molecular flexibility index (Phi) is 6.02. The van der Waals surface area contributed by atoms with Crippen LogP contribution in [0.25, 0.3) is 10.4 Å². The van der Waals surface area contributed by atoms with Crippen molar-refractivity contribution < 1.29 is 19.2 Å². The zero-order valence-corrected chi connectivity index (χ0v) is 17.4. The SMILES string of the molecule is COc1ccc(-c2cc3c(s2)C(=O)[NH+](CC(=O)NCCc2ccccc2)C=N3)cc1. The van der Waals surface area contributed by atoms with E-state index in [0.717, 1.165) is 28.2 Å². The van der Waals surface area contributed by atoms with Crippen molar-refractivity contribution in [3.05, 3.63) is 71.1 Å². The van der Waals surface area contributed by atoms with Crippen molar-refractivity contribution in [2.75, 3.05) is 20.2 Å². The molecule has 0 fully saturated rings. The van der Waals surface area contributed by atoms with E-state index in [1.54, 1.807) is 7.11 Å². The van der Waals surface area contributed by atoms with Gasteiger partial charge in [0.2, 0.25) is 0 Å². The molecule has 6 nitrogen and oxygen atoms in total. The molecule has 1 atom stereocenters. The van der Waals surface area contributed by atoms with E-state index in [1.165, 1.54) is 17.7 Å². The van der Waals surface area contributed by atoms with E-state index in [9.17, 15) is 9.59 Å². The number of methoxy groups -OCH3 is 1. The number of aliphatic imine (C=N–C) groups is 1. The van der Waals surface area contributed by atoms with Gasteiger partial charge in [-0.05, 0) is 47.9 Å². The minimum atomic E-state index is -0.170. The number of ether oxygens (including phenoxy) is 1. The van der Waals surface area contributed by atoms with E-state index in [-0.39, 0.29) is 18.4 Å². The highest BCUT2D eigenvalue weighted by Crippen LogP contribution is 2.37. The summed E-state index contributed by atoms with van der Waals surface area (Å²) in [7, 11) is 1.63. The van der Waals surface area contributed by atoms with Crippen LogP contribution in [0.3, 0.4) is 0 Å². The van der Waals surface area contributed by atoms with Crippen LogP contribution in [0.5, 0.6) is 5.75 Å². The third-order valence-electron chi connectivity index (χ3n) is 4.87. The summed E-state index contributed by atoms with van der Waals surface area (Å²) in [5.74, 6) is 0.488. The first-order valence-corrected chi connectivity index (χ1v) is 10.5. The van der Waals surface area contributed by atoms with Gasteiger partial charge in [0.15, 0.2) is 17.8 Å². The molecule has 0 aliphatic carbocycles. The van der Waals surface area contributed by atoms with Gasteiger partial charge in [-0.15, -0.1) is 11.3 Å². The van der Waals surface area contributed by atoms with E-state index in [1.807, 2.05) is 60.7 Å². The Balaban J connectivity index is 1.37. The summed E-state index contributed by atoms with van der Waals surface area (Å²) in [5, 5.41) is 2.88. The molecule has 0 spiro atoms. The average Bonchev–Trinajstić information content (AvgIpc) is 3.22. The molecule has 2 amide bonds. The minimum absolute atomic E-state index is 0.0341. The van der Waals surface area contributed by atoms with Crippen molar-refractivity contribution in [1.29, 1.82) is 0 Å². The van der Waals surface area contributed by atoms with Crippen LogP contribution in [0.2, 0.25) is 0 Å². The zero-order chi connectivity index (χ0) is 20.9. The molecule has 4 rings (SSSR count). The number of hydrogen-bond acceptors (Lipinski definition) is 5. The van der Waals surface area contributed by atoms with Gasteiger partial charge in [-0.3, -0.25) is 4.79 Å². The minimum Gasteiger partial charge on any atom is -0.497 e. The number of quaternary nitrogens is 1. The van der Waals surface area contributed by atoms with Gasteiger partial charge in [-0.25, -0.2) is 14.7 Å². The Bertz CT molecular complexity index is 1070. The Hall–Kier alpha value is -3.29. The number of hydrogen-bond donors (Lipinski definition) is 2. The maximum atomic E-state index is 12.9. The molecule has 1 aliphatic heterocycles. The van der Waals surface area contributed by atoms with Crippen molar-refractivity contribution in [3.8, 4) is 16.2 Å². The Morgan fingerprint density at radius 1 is 1.13 bits per heavy atom. The summed E-state index contributed by atoms with van der Waals surface area (Å²) in [4.78, 5) is 31.5. The van der Waals surface area contributed by atoms with Crippen LogP contribution in [0.1, 0.15) is 15.2 Å². The molecule has 30 heavy (non-hydrogen) atoms. The third-order valence-corrected chi connectivity index (χ3v) is 6.05. The molecule has 2 N–H and O–H groups in total. The van der Waals surface area contributed by atoms with Crippen LogP contribution in [-0.4, -0.2) is 38.4 Å². The first-order chi connectivity index (χ1) is 14.6. The van der Waals surface area contributed by atoms with Crippen LogP contribution in [0.15, 0.2) is 65.7 Å². The standard InChI is InChI=1S/C23H21N3O3S/c1-29-18-9-7-17(8-10-18)20-13-19-22(30-20)23(28)26(15-25-19)14-21(27)24-12-11-16-5-3-2-4-6-16/h2-10,13,15H,11-12,14H2,1H3,(H,24,27)/p+1. The van der Waals surface area contributed by atoms with Gasteiger partial charge in [0.25, 0.3) is 5.91 Å². The van der Waals surface area contributed by atoms with Crippen LogP contribution in [-0.2, 0) is 11.2 Å². The number of carbonyl (C=O) groups excluding carboxylic acids is 2. The number of benzene rings is 2. The Morgan fingerprint density at radius 2 is 1.90 bits per heavy atom. The second kappa shape index (κ2) is 9.02. The van der Waals surface area contributed by atoms with E-state index in [2.05, 4.69) is 10.3 Å². The van der Waals surface area contributed by atoms with E-state index >= 15 is 0 Å². The van der Waals surface area contributed by atoms with Gasteiger partial charge >= 0.3 is 5.91 Å². The fourth-order valence-corrected chi connectivity index (χ4v) is 4.33. The fraction of sp³-hybridized carbons (Fsp3) is 0.174. The highest BCUT2D eigenvalue weighted by Gasteiger charge is 2.31. The number of fused-ring (bicyclic) bond motifs is 1. The summed E-state index contributed by atoms with van der Waals surface area (Å²) < 4.78 is 5.19. The third kappa shape index (κ3) is 4.48. The van der Waals surface area contributed by atoms with E-state index in [0.29, 0.717) is 22.0 Å². The molecule has 0 saturated carbocycles. The zero-order valence-electron chi connectivity index (χ0n) is 16.6. The van der Waals surface area contributed by atoms with Gasteiger partial charge < -0.3 is 10.1 Å². The van der Waals surface area contributed by atoms with Crippen LogP contribution in [0, 0.1) is 0 Å².